The van der Waals surface area contributed by atoms with Crippen LogP contribution in [-0.4, -0.2) is 17.6 Å². The molecular weight excluding hydrogens is 275 g/mol. The zero-order valence-corrected chi connectivity index (χ0v) is 12.5. The van der Waals surface area contributed by atoms with Gasteiger partial charge in [0.2, 0.25) is 0 Å². The minimum atomic E-state index is -0.285. The van der Waals surface area contributed by atoms with Crippen molar-refractivity contribution < 1.29 is 9.13 Å². The fraction of sp³-hybridized carbons (Fsp3) is 0.400. The van der Waals surface area contributed by atoms with E-state index in [1.165, 1.54) is 17.0 Å². The summed E-state index contributed by atoms with van der Waals surface area (Å²) in [4.78, 5) is 5.40. The smallest absolute Gasteiger partial charge is 0.127 e. The molecule has 0 saturated heterocycles. The lowest BCUT2D eigenvalue weighted by Gasteiger charge is -2.10. The zero-order valence-electron chi connectivity index (χ0n) is 11.7. The van der Waals surface area contributed by atoms with Crippen LogP contribution in [0.1, 0.15) is 23.1 Å². The first-order chi connectivity index (χ1) is 9.54. The van der Waals surface area contributed by atoms with Crippen molar-refractivity contribution >= 4 is 11.3 Å². The molecule has 0 spiro atoms. The molecule has 1 heterocycles. The summed E-state index contributed by atoms with van der Waals surface area (Å²) in [6, 6.07) is 4.77. The fourth-order valence-corrected chi connectivity index (χ4v) is 2.78. The van der Waals surface area contributed by atoms with Crippen LogP contribution in [0.5, 0.6) is 5.75 Å². The average molecular weight is 294 g/mol. The molecule has 0 aliphatic carbocycles. The van der Waals surface area contributed by atoms with E-state index in [1.54, 1.807) is 11.3 Å². The molecule has 0 radical (unpaired) electrons. The number of halogens is 1. The number of thiazole rings is 1. The molecule has 0 aliphatic heterocycles. The van der Waals surface area contributed by atoms with Crippen LogP contribution in [0.2, 0.25) is 0 Å². The Morgan fingerprint density at radius 2 is 2.20 bits per heavy atom. The molecule has 2 N–H and O–H groups in total. The SMILES string of the molecule is Cc1ncsc1CCOc1cc(F)cc(CC(C)N)c1. The highest BCUT2D eigenvalue weighted by Gasteiger charge is 2.06. The van der Waals surface area contributed by atoms with E-state index < -0.39 is 0 Å². The first kappa shape index (κ1) is 14.9. The second-order valence-electron chi connectivity index (χ2n) is 4.94. The van der Waals surface area contributed by atoms with Crippen LogP contribution >= 0.6 is 11.3 Å². The molecule has 0 bridgehead atoms. The molecule has 0 aliphatic rings. The standard InChI is InChI=1S/C15H19FN2OS/c1-10(17)5-12-6-13(16)8-14(7-12)19-4-3-15-11(2)18-9-20-15/h6-10H,3-5,17H2,1-2H3. The van der Waals surface area contributed by atoms with Gasteiger partial charge < -0.3 is 10.5 Å². The van der Waals surface area contributed by atoms with Crippen molar-refractivity contribution in [3.8, 4) is 5.75 Å². The molecule has 1 atom stereocenters. The largest absolute Gasteiger partial charge is 0.493 e. The van der Waals surface area contributed by atoms with Gasteiger partial charge in [0.25, 0.3) is 0 Å². The molecular formula is C15H19FN2OS. The van der Waals surface area contributed by atoms with Crippen molar-refractivity contribution in [3.63, 3.8) is 0 Å². The summed E-state index contributed by atoms with van der Waals surface area (Å²) in [7, 11) is 0. The van der Waals surface area contributed by atoms with Crippen LogP contribution in [0.4, 0.5) is 4.39 Å². The maximum absolute atomic E-state index is 13.5. The van der Waals surface area contributed by atoms with Gasteiger partial charge in [0.05, 0.1) is 17.8 Å². The Morgan fingerprint density at radius 1 is 1.40 bits per heavy atom. The van der Waals surface area contributed by atoms with Crippen molar-refractivity contribution in [2.24, 2.45) is 5.73 Å². The van der Waals surface area contributed by atoms with E-state index in [0.717, 1.165) is 17.7 Å². The van der Waals surface area contributed by atoms with E-state index in [9.17, 15) is 4.39 Å². The Kier molecular flexibility index (Phi) is 5.09. The van der Waals surface area contributed by atoms with E-state index in [2.05, 4.69) is 4.98 Å². The van der Waals surface area contributed by atoms with Crippen molar-refractivity contribution in [2.45, 2.75) is 32.7 Å². The summed E-state index contributed by atoms with van der Waals surface area (Å²) in [5.74, 6) is 0.273. The van der Waals surface area contributed by atoms with E-state index in [-0.39, 0.29) is 11.9 Å². The van der Waals surface area contributed by atoms with E-state index >= 15 is 0 Å². The molecule has 0 amide bonds. The summed E-state index contributed by atoms with van der Waals surface area (Å²) >= 11 is 1.62. The maximum atomic E-state index is 13.5. The van der Waals surface area contributed by atoms with Crippen LogP contribution in [-0.2, 0) is 12.8 Å². The van der Waals surface area contributed by atoms with Crippen molar-refractivity contribution in [3.05, 3.63) is 45.7 Å². The predicted molar refractivity (Wildman–Crippen MR) is 79.8 cm³/mol. The van der Waals surface area contributed by atoms with Crippen molar-refractivity contribution in [1.29, 1.82) is 0 Å². The van der Waals surface area contributed by atoms with Crippen LogP contribution in [0, 0.1) is 12.7 Å². The average Bonchev–Trinajstić information content (AvgIpc) is 2.73. The third kappa shape index (κ3) is 4.28. The molecule has 2 rings (SSSR count). The number of rotatable bonds is 6. The van der Waals surface area contributed by atoms with Gasteiger partial charge in [-0.15, -0.1) is 11.3 Å². The Morgan fingerprint density at radius 3 is 2.85 bits per heavy atom. The topological polar surface area (TPSA) is 48.1 Å². The lowest BCUT2D eigenvalue weighted by molar-refractivity contribution is 0.320. The molecule has 108 valence electrons. The molecule has 0 saturated carbocycles. The van der Waals surface area contributed by atoms with Crippen LogP contribution < -0.4 is 10.5 Å². The van der Waals surface area contributed by atoms with Gasteiger partial charge in [0, 0.05) is 23.4 Å². The van der Waals surface area contributed by atoms with E-state index in [0.29, 0.717) is 18.8 Å². The summed E-state index contributed by atoms with van der Waals surface area (Å²) < 4.78 is 19.1. The summed E-state index contributed by atoms with van der Waals surface area (Å²) in [6.45, 7) is 4.40. The Balaban J connectivity index is 1.95. The zero-order chi connectivity index (χ0) is 14.5. The lowest BCUT2D eigenvalue weighted by atomic mass is 10.1. The molecule has 2 aromatic rings. The third-order valence-electron chi connectivity index (χ3n) is 2.93. The first-order valence-electron chi connectivity index (χ1n) is 6.61. The lowest BCUT2D eigenvalue weighted by Crippen LogP contribution is -2.17. The second-order valence-corrected chi connectivity index (χ2v) is 5.88. The Labute approximate surface area is 122 Å². The van der Waals surface area contributed by atoms with Crippen LogP contribution in [0.3, 0.4) is 0 Å². The number of hydrogen-bond donors (Lipinski definition) is 1. The molecule has 1 aromatic carbocycles. The van der Waals surface area contributed by atoms with Crippen molar-refractivity contribution in [2.75, 3.05) is 6.61 Å². The van der Waals surface area contributed by atoms with Gasteiger partial charge in [0.1, 0.15) is 11.6 Å². The first-order valence-corrected chi connectivity index (χ1v) is 7.49. The summed E-state index contributed by atoms with van der Waals surface area (Å²) in [5, 5.41) is 0. The van der Waals surface area contributed by atoms with Gasteiger partial charge in [-0.3, -0.25) is 0 Å². The van der Waals surface area contributed by atoms with Crippen LogP contribution in [0.25, 0.3) is 0 Å². The molecule has 3 nitrogen and oxygen atoms in total. The molecule has 1 aromatic heterocycles. The minimum absolute atomic E-state index is 0.00416. The minimum Gasteiger partial charge on any atom is -0.493 e. The summed E-state index contributed by atoms with van der Waals surface area (Å²) in [6.07, 6.45) is 1.43. The highest BCUT2D eigenvalue weighted by molar-refractivity contribution is 7.09. The quantitative estimate of drug-likeness (QED) is 0.890. The monoisotopic (exact) mass is 294 g/mol. The van der Waals surface area contributed by atoms with Gasteiger partial charge in [-0.2, -0.15) is 0 Å². The van der Waals surface area contributed by atoms with Gasteiger partial charge in [0.15, 0.2) is 0 Å². The fourth-order valence-electron chi connectivity index (χ4n) is 2.02. The molecule has 1 unspecified atom stereocenters. The Hall–Kier alpha value is -1.46. The number of hydrogen-bond acceptors (Lipinski definition) is 4. The predicted octanol–water partition coefficient (Wildman–Crippen LogP) is 3.10. The highest BCUT2D eigenvalue weighted by atomic mass is 32.1. The molecule has 20 heavy (non-hydrogen) atoms. The van der Waals surface area contributed by atoms with Gasteiger partial charge >= 0.3 is 0 Å². The van der Waals surface area contributed by atoms with Gasteiger partial charge in [-0.05, 0) is 38.0 Å². The molecule has 0 fully saturated rings. The van der Waals surface area contributed by atoms with Crippen molar-refractivity contribution in [1.82, 2.24) is 4.98 Å². The van der Waals surface area contributed by atoms with Gasteiger partial charge in [-0.25, -0.2) is 9.37 Å². The number of nitrogens with two attached hydrogens (primary N) is 1. The Bertz CT molecular complexity index is 569. The normalized spacial score (nSPS) is 12.4. The van der Waals surface area contributed by atoms with Gasteiger partial charge in [-0.1, -0.05) is 0 Å². The number of ether oxygens (including phenoxy) is 1. The number of nitrogens with zero attached hydrogens (tertiary/aromatic N) is 1. The molecule has 5 heteroatoms. The third-order valence-corrected chi connectivity index (χ3v) is 3.93. The van der Waals surface area contributed by atoms with E-state index in [4.69, 9.17) is 10.5 Å². The number of aromatic nitrogens is 1. The second kappa shape index (κ2) is 6.81. The highest BCUT2D eigenvalue weighted by Crippen LogP contribution is 2.19. The summed E-state index contributed by atoms with van der Waals surface area (Å²) in [5.41, 5.74) is 9.47. The number of aryl methyl sites for hydroxylation is 1. The van der Waals surface area contributed by atoms with Crippen LogP contribution in [0.15, 0.2) is 23.7 Å². The number of benzene rings is 1. The maximum Gasteiger partial charge on any atom is 0.127 e. The van der Waals surface area contributed by atoms with E-state index in [1.807, 2.05) is 25.4 Å².